The summed E-state index contributed by atoms with van der Waals surface area (Å²) in [6.45, 7) is 16.4. The van der Waals surface area contributed by atoms with Crippen LogP contribution in [0, 0.1) is 23.7 Å². The van der Waals surface area contributed by atoms with Gasteiger partial charge < -0.3 is 47.6 Å². The van der Waals surface area contributed by atoms with Crippen molar-refractivity contribution in [2.24, 2.45) is 28.8 Å². The highest BCUT2D eigenvalue weighted by Crippen LogP contribution is 2.43. The number of cyclic esters (lactones) is 1. The molecule has 2 aromatic rings. The Kier molecular flexibility index (Phi) is 17.6. The molecule has 16 heteroatoms. The van der Waals surface area contributed by atoms with Gasteiger partial charge in [0.05, 0.1) is 41.7 Å². The number of hydrogen-bond donors (Lipinski definition) is 0. The van der Waals surface area contributed by atoms with Crippen LogP contribution in [-0.2, 0) is 65.3 Å². The van der Waals surface area contributed by atoms with Crippen molar-refractivity contribution in [2.75, 3.05) is 21.2 Å². The number of esters is 2. The van der Waals surface area contributed by atoms with Crippen LogP contribution in [0.4, 0.5) is 4.79 Å². The van der Waals surface area contributed by atoms with Crippen LogP contribution in [0.1, 0.15) is 92.7 Å². The Morgan fingerprint density at radius 2 is 1.77 bits per heavy atom. The summed E-state index contributed by atoms with van der Waals surface area (Å²) >= 11 is 6.50. The summed E-state index contributed by atoms with van der Waals surface area (Å²) in [6, 6.07) is 10.9. The van der Waals surface area contributed by atoms with Gasteiger partial charge in [0, 0.05) is 54.8 Å². The number of aromatic nitrogens is 1. The van der Waals surface area contributed by atoms with Crippen molar-refractivity contribution in [2.45, 2.75) is 155 Å². The Labute approximate surface area is 383 Å². The highest BCUT2D eigenvalue weighted by Gasteiger charge is 2.59. The van der Waals surface area contributed by atoms with Crippen molar-refractivity contribution < 1.29 is 57.1 Å². The molecular formula is C48H68ClN3O12. The number of halogens is 1. The second-order valence-corrected chi connectivity index (χ2v) is 18.5. The number of methoxy groups -OCH3 is 1. The molecule has 0 spiro atoms. The van der Waals surface area contributed by atoms with Gasteiger partial charge in [-0.05, 0) is 91.2 Å². The average molecular weight is 915 g/mol. The van der Waals surface area contributed by atoms with Crippen LogP contribution in [0.15, 0.2) is 66.3 Å². The number of likely N-dealkylation sites (N-methyl/N-ethyl adjacent to an activating group) is 1. The molecule has 0 radical (unpaired) electrons. The molecule has 0 bridgehead atoms. The number of oxime groups is 1. The van der Waals surface area contributed by atoms with Crippen LogP contribution in [0.25, 0.3) is 0 Å². The van der Waals surface area contributed by atoms with Gasteiger partial charge in [-0.3, -0.25) is 14.6 Å². The van der Waals surface area contributed by atoms with Gasteiger partial charge >= 0.3 is 18.1 Å². The summed E-state index contributed by atoms with van der Waals surface area (Å²) in [7, 11) is 5.45. The van der Waals surface area contributed by atoms with E-state index in [0.29, 0.717) is 30.0 Å². The molecule has 1 aromatic carbocycles. The number of carbonyl (C=O) groups is 3. The van der Waals surface area contributed by atoms with Crippen molar-refractivity contribution in [3.05, 3.63) is 77.3 Å². The molecule has 1 aromatic heterocycles. The van der Waals surface area contributed by atoms with Gasteiger partial charge in [-0.2, -0.15) is 0 Å². The van der Waals surface area contributed by atoms with Gasteiger partial charge in [0.1, 0.15) is 18.8 Å². The molecule has 64 heavy (non-hydrogen) atoms. The van der Waals surface area contributed by atoms with Gasteiger partial charge in [0.25, 0.3) is 0 Å². The Balaban J connectivity index is 1.66. The number of nitrogens with zero attached hydrogens (tertiary/aromatic N) is 3. The summed E-state index contributed by atoms with van der Waals surface area (Å²) in [5, 5.41) is 5.28. The lowest BCUT2D eigenvalue weighted by atomic mass is 9.73. The third-order valence-electron chi connectivity index (χ3n) is 13.0. The molecule has 3 aliphatic rings. The lowest BCUT2D eigenvalue weighted by Crippen LogP contribution is -2.61. The fourth-order valence-corrected chi connectivity index (χ4v) is 9.75. The fraction of sp³-hybridized carbons (Fsp3) is 0.646. The van der Waals surface area contributed by atoms with E-state index < -0.39 is 89.8 Å². The molecule has 3 aliphatic heterocycles. The van der Waals surface area contributed by atoms with Crippen molar-refractivity contribution in [3.63, 3.8) is 0 Å². The zero-order valence-electron chi connectivity index (χ0n) is 39.4. The molecule has 4 heterocycles. The number of hydrogen-bond acceptors (Lipinski definition) is 15. The standard InChI is InChI=1S/C48H68ClN3O12/c1-13-38-48(9)43(63-46(55)64-48)30(4)39(51-58-27-35-20-14-15-21-36(35)49)28(2)25-47(8,56-12)42(62-45-41(60-33(7)53)37(52(10)11)24-29(3)59-45)31(5)40(32(6)44(54)61-38)57-23-17-19-34-18-16-22-50-26-34/h14-18,20-23,26,28-32,37-38,40-43,45H,13,19,24-25,27H2,1-12H3/b23-17-,51-39+/t28-,29-,30+,31+,32-,37+,38-,40+,41-,42-,43-,45+,47-,48-/m1/s1. The molecule has 0 N–H and O–H groups in total. The molecule has 5 rings (SSSR count). The van der Waals surface area contributed by atoms with Gasteiger partial charge in [-0.1, -0.05) is 68.7 Å². The van der Waals surface area contributed by atoms with Crippen LogP contribution >= 0.6 is 11.6 Å². The van der Waals surface area contributed by atoms with E-state index in [1.165, 1.54) is 6.92 Å². The number of carbonyl (C=O) groups excluding carboxylic acids is 3. The van der Waals surface area contributed by atoms with E-state index in [2.05, 4.69) is 4.98 Å². The first-order valence-electron chi connectivity index (χ1n) is 22.3. The van der Waals surface area contributed by atoms with E-state index >= 15 is 0 Å². The zero-order chi connectivity index (χ0) is 46.9. The molecule has 0 amide bonds. The number of fused-ring (bicyclic) bond motifs is 1. The minimum atomic E-state index is -1.42. The normalized spacial score (nSPS) is 35.8. The largest absolute Gasteiger partial charge is 0.509 e. The molecule has 3 saturated heterocycles. The second-order valence-electron chi connectivity index (χ2n) is 18.1. The maximum atomic E-state index is 14.6. The number of ether oxygens (including phenoxy) is 8. The van der Waals surface area contributed by atoms with Crippen LogP contribution in [0.2, 0.25) is 5.02 Å². The van der Waals surface area contributed by atoms with Gasteiger partial charge in [-0.25, -0.2) is 4.79 Å². The van der Waals surface area contributed by atoms with E-state index in [1.54, 1.807) is 45.7 Å². The van der Waals surface area contributed by atoms with Crippen LogP contribution in [0.5, 0.6) is 0 Å². The third kappa shape index (κ3) is 11.9. The summed E-state index contributed by atoms with van der Waals surface area (Å²) in [5.41, 5.74) is -0.378. The van der Waals surface area contributed by atoms with Crippen molar-refractivity contribution in [1.29, 1.82) is 0 Å². The smallest absolute Gasteiger partial charge is 0.497 e. The quantitative estimate of drug-likeness (QED) is 0.0820. The first kappa shape index (κ1) is 50.7. The molecular weight excluding hydrogens is 846 g/mol. The van der Waals surface area contributed by atoms with Gasteiger partial charge in [0.2, 0.25) is 0 Å². The lowest BCUT2D eigenvalue weighted by Gasteiger charge is -2.49. The fourth-order valence-electron chi connectivity index (χ4n) is 9.56. The minimum absolute atomic E-state index is 0.0628. The van der Waals surface area contributed by atoms with Crippen LogP contribution in [-0.4, -0.2) is 115 Å². The van der Waals surface area contributed by atoms with Gasteiger partial charge in [0.15, 0.2) is 24.1 Å². The highest BCUT2D eigenvalue weighted by molar-refractivity contribution is 6.31. The first-order valence-corrected chi connectivity index (χ1v) is 22.6. The Hall–Kier alpha value is -4.28. The molecule has 0 saturated carbocycles. The van der Waals surface area contributed by atoms with Crippen molar-refractivity contribution >= 4 is 35.4 Å². The minimum Gasteiger partial charge on any atom is -0.497 e. The number of pyridine rings is 1. The van der Waals surface area contributed by atoms with Crippen LogP contribution in [0.3, 0.4) is 0 Å². The van der Waals surface area contributed by atoms with Gasteiger partial charge in [-0.15, -0.1) is 0 Å². The van der Waals surface area contributed by atoms with E-state index in [9.17, 15) is 14.4 Å². The van der Waals surface area contributed by atoms with Crippen molar-refractivity contribution in [3.8, 4) is 0 Å². The number of rotatable bonds is 13. The maximum absolute atomic E-state index is 14.6. The number of benzene rings is 1. The first-order chi connectivity index (χ1) is 30.3. The number of allylic oxidation sites excluding steroid dienone is 1. The summed E-state index contributed by atoms with van der Waals surface area (Å²) in [6.07, 6.45) is 1.89. The predicted octanol–water partition coefficient (Wildman–Crippen LogP) is 8.10. The average Bonchev–Trinajstić information content (AvgIpc) is 3.57. The molecule has 0 aliphatic carbocycles. The molecule has 3 fully saturated rings. The molecule has 354 valence electrons. The Morgan fingerprint density at radius 1 is 1.03 bits per heavy atom. The predicted molar refractivity (Wildman–Crippen MR) is 239 cm³/mol. The molecule has 15 nitrogen and oxygen atoms in total. The topological polar surface area (TPSA) is 163 Å². The van der Waals surface area contributed by atoms with Crippen LogP contribution < -0.4 is 0 Å². The summed E-state index contributed by atoms with van der Waals surface area (Å²) in [4.78, 5) is 52.7. The molecule has 0 unspecified atom stereocenters. The maximum Gasteiger partial charge on any atom is 0.509 e. The SMILES string of the molecule is CC[C@H]1OC(=O)[C@H](C)[C@@H](O/C=C\Cc2cccnc2)[C@H](C)[C@@H](O[C@@H]2O[C@H](C)C[C@H](N(C)C)[C@H]2OC(C)=O)[C@](C)(OC)C[C@@H](C)/C(=N\OCc2ccccc2Cl)[C@H](C)[C@H]2OC(=O)O[C@@]21C. The van der Waals surface area contributed by atoms with E-state index in [-0.39, 0.29) is 25.2 Å². The van der Waals surface area contributed by atoms with E-state index in [4.69, 9.17) is 59.5 Å². The third-order valence-corrected chi connectivity index (χ3v) is 13.4. The second kappa shape index (κ2) is 22.3. The molecule has 14 atom stereocenters. The van der Waals surface area contributed by atoms with Crippen molar-refractivity contribution in [1.82, 2.24) is 9.88 Å². The summed E-state index contributed by atoms with van der Waals surface area (Å²) in [5.74, 6) is -3.66. The Bertz CT molecular complexity index is 1940. The lowest BCUT2D eigenvalue weighted by molar-refractivity contribution is -0.303. The highest BCUT2D eigenvalue weighted by atomic mass is 35.5. The summed E-state index contributed by atoms with van der Waals surface area (Å²) < 4.78 is 51.1. The Morgan fingerprint density at radius 3 is 2.41 bits per heavy atom. The van der Waals surface area contributed by atoms with E-state index in [0.717, 1.165) is 11.1 Å². The van der Waals surface area contributed by atoms with E-state index in [1.807, 2.05) is 96.9 Å². The monoisotopic (exact) mass is 913 g/mol. The zero-order valence-corrected chi connectivity index (χ0v) is 40.1.